The summed E-state index contributed by atoms with van der Waals surface area (Å²) in [4.78, 5) is 0.915. The second-order valence-corrected chi connectivity index (χ2v) is 7.97. The van der Waals surface area contributed by atoms with Crippen LogP contribution in [0.3, 0.4) is 0 Å². The molecule has 1 aliphatic heterocycles. The van der Waals surface area contributed by atoms with Crippen molar-refractivity contribution >= 4 is 11.2 Å². The molecule has 0 aliphatic carbocycles. The third-order valence-corrected chi connectivity index (χ3v) is 5.98. The molecular weight excluding hydrogens is 296 g/mol. The molecule has 1 fully saturated rings. The van der Waals surface area contributed by atoms with E-state index < -0.39 is 11.2 Å². The van der Waals surface area contributed by atoms with Crippen LogP contribution in [0.25, 0.3) is 0 Å². The zero-order valence-electron chi connectivity index (χ0n) is 13.9. The molecule has 3 nitrogen and oxygen atoms in total. The van der Waals surface area contributed by atoms with Gasteiger partial charge in [0.25, 0.3) is 0 Å². The predicted molar refractivity (Wildman–Crippen MR) is 90.3 cm³/mol. The molecule has 22 heavy (non-hydrogen) atoms. The minimum atomic E-state index is -0.924. The maximum atomic E-state index is 12.6. The SMILES string of the molecule is CCCCCCC(C)[S+]([O-])c1ccc(C2OCOC2C)cc1. The Morgan fingerprint density at radius 3 is 2.50 bits per heavy atom. The van der Waals surface area contributed by atoms with Crippen LogP contribution in [-0.4, -0.2) is 22.7 Å². The Labute approximate surface area is 137 Å². The summed E-state index contributed by atoms with van der Waals surface area (Å²) in [5.74, 6) is 0. The highest BCUT2D eigenvalue weighted by Crippen LogP contribution is 2.30. The van der Waals surface area contributed by atoms with E-state index in [0.717, 1.165) is 16.9 Å². The van der Waals surface area contributed by atoms with Crippen molar-refractivity contribution in [3.8, 4) is 0 Å². The van der Waals surface area contributed by atoms with Gasteiger partial charge in [0.2, 0.25) is 0 Å². The van der Waals surface area contributed by atoms with Crippen molar-refractivity contribution < 1.29 is 14.0 Å². The summed E-state index contributed by atoms with van der Waals surface area (Å²) < 4.78 is 23.6. The van der Waals surface area contributed by atoms with Crippen LogP contribution in [0.4, 0.5) is 0 Å². The highest BCUT2D eigenvalue weighted by atomic mass is 32.2. The first-order chi connectivity index (χ1) is 10.6. The van der Waals surface area contributed by atoms with Crippen molar-refractivity contribution in [3.63, 3.8) is 0 Å². The Balaban J connectivity index is 1.88. The largest absolute Gasteiger partial charge is 0.611 e. The zero-order chi connectivity index (χ0) is 15.9. The Kier molecular flexibility index (Phi) is 7.22. The van der Waals surface area contributed by atoms with Gasteiger partial charge in [-0.15, -0.1) is 0 Å². The van der Waals surface area contributed by atoms with E-state index in [1.807, 2.05) is 31.2 Å². The first-order valence-corrected chi connectivity index (χ1v) is 9.58. The van der Waals surface area contributed by atoms with Gasteiger partial charge in [0.15, 0.2) is 4.90 Å². The van der Waals surface area contributed by atoms with Crippen LogP contribution < -0.4 is 0 Å². The molecule has 0 N–H and O–H groups in total. The standard InChI is InChI=1S/C18H28O3S/c1-4-5-6-7-8-14(2)22(19)17-11-9-16(10-12-17)18-15(3)20-13-21-18/h9-12,14-15,18H,4-8,13H2,1-3H3. The molecule has 0 bridgehead atoms. The van der Waals surface area contributed by atoms with Crippen LogP contribution >= 0.6 is 0 Å². The van der Waals surface area contributed by atoms with Crippen LogP contribution in [0.5, 0.6) is 0 Å². The van der Waals surface area contributed by atoms with Crippen molar-refractivity contribution in [3.05, 3.63) is 29.8 Å². The molecule has 1 heterocycles. The van der Waals surface area contributed by atoms with Crippen molar-refractivity contribution in [2.75, 3.05) is 6.79 Å². The molecule has 4 atom stereocenters. The molecule has 4 heteroatoms. The Hall–Kier alpha value is -0.550. The minimum Gasteiger partial charge on any atom is -0.611 e. The Bertz CT molecular complexity index is 434. The lowest BCUT2D eigenvalue weighted by Gasteiger charge is -2.19. The molecular formula is C18H28O3S. The van der Waals surface area contributed by atoms with Crippen LogP contribution in [-0.2, 0) is 20.6 Å². The highest BCUT2D eigenvalue weighted by Gasteiger charge is 2.27. The Morgan fingerprint density at radius 2 is 1.91 bits per heavy atom. The van der Waals surface area contributed by atoms with Crippen LogP contribution in [0.1, 0.15) is 64.5 Å². The normalized spacial score (nSPS) is 24.4. The second kappa shape index (κ2) is 8.92. The molecule has 0 spiro atoms. The number of hydrogen-bond acceptors (Lipinski definition) is 3. The molecule has 0 amide bonds. The first kappa shape index (κ1) is 17.8. The van der Waals surface area contributed by atoms with E-state index in [2.05, 4.69) is 13.8 Å². The van der Waals surface area contributed by atoms with Crippen LogP contribution in [0, 0.1) is 0 Å². The lowest BCUT2D eigenvalue weighted by molar-refractivity contribution is 0.0404. The molecule has 1 saturated heterocycles. The van der Waals surface area contributed by atoms with E-state index in [4.69, 9.17) is 9.47 Å². The molecule has 0 radical (unpaired) electrons. The molecule has 1 aromatic carbocycles. The fourth-order valence-electron chi connectivity index (χ4n) is 2.80. The molecule has 1 aromatic rings. The van der Waals surface area contributed by atoms with Crippen LogP contribution in [0.15, 0.2) is 29.2 Å². The molecule has 4 unspecified atom stereocenters. The van der Waals surface area contributed by atoms with Gasteiger partial charge in [-0.25, -0.2) is 0 Å². The van der Waals surface area contributed by atoms with Gasteiger partial charge < -0.3 is 14.0 Å². The van der Waals surface area contributed by atoms with Gasteiger partial charge in [-0.2, -0.15) is 0 Å². The van der Waals surface area contributed by atoms with E-state index in [1.165, 1.54) is 25.7 Å². The summed E-state index contributed by atoms with van der Waals surface area (Å²) >= 11 is -0.924. The van der Waals surface area contributed by atoms with E-state index in [1.54, 1.807) is 0 Å². The average Bonchev–Trinajstić information content (AvgIpc) is 2.97. The minimum absolute atomic E-state index is 0.00560. The molecule has 124 valence electrons. The number of benzene rings is 1. The van der Waals surface area contributed by atoms with Gasteiger partial charge in [0.05, 0.1) is 6.10 Å². The van der Waals surface area contributed by atoms with Gasteiger partial charge >= 0.3 is 0 Å². The Morgan fingerprint density at radius 1 is 1.18 bits per heavy atom. The number of rotatable bonds is 8. The first-order valence-electron chi connectivity index (χ1n) is 8.37. The summed E-state index contributed by atoms with van der Waals surface area (Å²) in [5, 5.41) is 0.215. The van der Waals surface area contributed by atoms with Gasteiger partial charge in [-0.05, 0) is 55.6 Å². The number of unbranched alkanes of at least 4 members (excludes halogenated alkanes) is 3. The van der Waals surface area contributed by atoms with Gasteiger partial charge in [0, 0.05) is 0 Å². The average molecular weight is 324 g/mol. The van der Waals surface area contributed by atoms with Crippen molar-refractivity contribution in [1.82, 2.24) is 0 Å². The van der Waals surface area contributed by atoms with E-state index in [9.17, 15) is 4.55 Å². The summed E-state index contributed by atoms with van der Waals surface area (Å²) in [6, 6.07) is 7.99. The maximum Gasteiger partial charge on any atom is 0.152 e. The highest BCUT2D eigenvalue weighted by molar-refractivity contribution is 7.92. The van der Waals surface area contributed by atoms with E-state index >= 15 is 0 Å². The predicted octanol–water partition coefficient (Wildman–Crippen LogP) is 4.59. The molecule has 1 aliphatic rings. The third-order valence-electron chi connectivity index (χ3n) is 4.28. The van der Waals surface area contributed by atoms with E-state index in [-0.39, 0.29) is 17.5 Å². The van der Waals surface area contributed by atoms with Crippen molar-refractivity contribution in [2.24, 2.45) is 0 Å². The smallest absolute Gasteiger partial charge is 0.152 e. The molecule has 0 aromatic heterocycles. The fraction of sp³-hybridized carbons (Fsp3) is 0.667. The second-order valence-electron chi connectivity index (χ2n) is 6.10. The summed E-state index contributed by atoms with van der Waals surface area (Å²) in [7, 11) is 0. The maximum absolute atomic E-state index is 12.6. The van der Waals surface area contributed by atoms with E-state index in [0.29, 0.717) is 6.79 Å². The summed E-state index contributed by atoms with van der Waals surface area (Å²) in [5.41, 5.74) is 1.10. The molecule has 0 saturated carbocycles. The number of ether oxygens (including phenoxy) is 2. The monoisotopic (exact) mass is 324 g/mol. The van der Waals surface area contributed by atoms with Crippen LogP contribution in [0.2, 0.25) is 0 Å². The molecule has 2 rings (SSSR count). The van der Waals surface area contributed by atoms with Gasteiger partial charge in [0.1, 0.15) is 18.1 Å². The fourth-order valence-corrected chi connectivity index (χ4v) is 4.05. The topological polar surface area (TPSA) is 41.5 Å². The lowest BCUT2D eigenvalue weighted by atomic mass is 10.1. The van der Waals surface area contributed by atoms with Crippen molar-refractivity contribution in [1.29, 1.82) is 0 Å². The lowest BCUT2D eigenvalue weighted by Crippen LogP contribution is -2.18. The summed E-state index contributed by atoms with van der Waals surface area (Å²) in [6.07, 6.45) is 6.03. The third kappa shape index (κ3) is 4.72. The summed E-state index contributed by atoms with van der Waals surface area (Å²) in [6.45, 7) is 6.67. The quantitative estimate of drug-likeness (QED) is 0.519. The zero-order valence-corrected chi connectivity index (χ0v) is 14.7. The van der Waals surface area contributed by atoms with Crippen molar-refractivity contribution in [2.45, 2.75) is 75.2 Å². The van der Waals surface area contributed by atoms with Gasteiger partial charge in [-0.3, -0.25) is 0 Å². The van der Waals surface area contributed by atoms with Gasteiger partial charge in [-0.1, -0.05) is 38.3 Å². The number of hydrogen-bond donors (Lipinski definition) is 0.